The van der Waals surface area contributed by atoms with Crippen molar-refractivity contribution in [2.45, 2.75) is 38.6 Å². The second-order valence-corrected chi connectivity index (χ2v) is 4.28. The Bertz CT molecular complexity index is 142. The van der Waals surface area contributed by atoms with E-state index in [4.69, 9.17) is 10.8 Å². The van der Waals surface area contributed by atoms with E-state index < -0.39 is 12.0 Å². The zero-order valence-corrected chi connectivity index (χ0v) is 8.98. The summed E-state index contributed by atoms with van der Waals surface area (Å²) in [6.07, 6.45) is 4.29. The molecule has 0 aliphatic heterocycles. The van der Waals surface area contributed by atoms with Crippen LogP contribution in [0.25, 0.3) is 0 Å². The van der Waals surface area contributed by atoms with Crippen LogP contribution < -0.4 is 5.73 Å². The lowest BCUT2D eigenvalue weighted by molar-refractivity contribution is -0.138. The molecule has 0 spiro atoms. The van der Waals surface area contributed by atoms with Crippen LogP contribution in [0.2, 0.25) is 0 Å². The molecule has 0 bridgehead atoms. The van der Waals surface area contributed by atoms with Crippen molar-refractivity contribution in [2.75, 3.05) is 11.5 Å². The van der Waals surface area contributed by atoms with Gasteiger partial charge in [0.15, 0.2) is 0 Å². The van der Waals surface area contributed by atoms with Crippen molar-refractivity contribution in [1.29, 1.82) is 0 Å². The van der Waals surface area contributed by atoms with E-state index >= 15 is 0 Å². The molecule has 3 nitrogen and oxygen atoms in total. The highest BCUT2D eigenvalue weighted by molar-refractivity contribution is 7.99. The van der Waals surface area contributed by atoms with Crippen molar-refractivity contribution in [3.8, 4) is 0 Å². The minimum Gasteiger partial charge on any atom is -0.480 e. The number of rotatable bonds is 8. The summed E-state index contributed by atoms with van der Waals surface area (Å²) in [6, 6.07) is -0.682. The van der Waals surface area contributed by atoms with E-state index in [1.165, 1.54) is 19.3 Å². The van der Waals surface area contributed by atoms with Gasteiger partial charge in [0.05, 0.1) is 0 Å². The highest BCUT2D eigenvalue weighted by atomic mass is 32.2. The molecule has 0 heterocycles. The molecule has 4 heteroatoms. The smallest absolute Gasteiger partial charge is 0.320 e. The van der Waals surface area contributed by atoms with Gasteiger partial charge in [-0.25, -0.2) is 0 Å². The quantitative estimate of drug-likeness (QED) is 0.592. The Kier molecular flexibility index (Phi) is 8.24. The normalized spacial score (nSPS) is 12.8. The van der Waals surface area contributed by atoms with Gasteiger partial charge in [0.25, 0.3) is 0 Å². The van der Waals surface area contributed by atoms with E-state index in [1.807, 2.05) is 0 Å². The van der Waals surface area contributed by atoms with Crippen molar-refractivity contribution in [3.63, 3.8) is 0 Å². The maximum Gasteiger partial charge on any atom is 0.320 e. The van der Waals surface area contributed by atoms with Gasteiger partial charge in [-0.1, -0.05) is 19.8 Å². The molecule has 0 amide bonds. The Labute approximate surface area is 84.1 Å². The highest BCUT2D eigenvalue weighted by Crippen LogP contribution is 2.08. The van der Waals surface area contributed by atoms with Gasteiger partial charge in [-0.15, -0.1) is 0 Å². The Balaban J connectivity index is 3.11. The zero-order valence-electron chi connectivity index (χ0n) is 8.16. The van der Waals surface area contributed by atoms with Crippen LogP contribution in [-0.2, 0) is 4.79 Å². The summed E-state index contributed by atoms with van der Waals surface area (Å²) < 4.78 is 0. The molecule has 0 aromatic carbocycles. The number of aliphatic carboxylic acids is 1. The highest BCUT2D eigenvalue weighted by Gasteiger charge is 2.09. The predicted octanol–water partition coefficient (Wildman–Crippen LogP) is 1.71. The Morgan fingerprint density at radius 1 is 1.46 bits per heavy atom. The monoisotopic (exact) mass is 205 g/mol. The fourth-order valence-electron chi connectivity index (χ4n) is 0.890. The van der Waals surface area contributed by atoms with Gasteiger partial charge in [0.2, 0.25) is 0 Å². The van der Waals surface area contributed by atoms with Gasteiger partial charge in [-0.05, 0) is 24.3 Å². The fourth-order valence-corrected chi connectivity index (χ4v) is 1.92. The third kappa shape index (κ3) is 8.12. The molecule has 0 fully saturated rings. The van der Waals surface area contributed by atoms with E-state index in [9.17, 15) is 4.79 Å². The minimum absolute atomic E-state index is 0.576. The third-order valence-electron chi connectivity index (χ3n) is 1.78. The Morgan fingerprint density at radius 2 is 2.15 bits per heavy atom. The topological polar surface area (TPSA) is 63.3 Å². The number of thioether (sulfide) groups is 1. The summed E-state index contributed by atoms with van der Waals surface area (Å²) in [7, 11) is 0. The van der Waals surface area contributed by atoms with Gasteiger partial charge in [0.1, 0.15) is 6.04 Å². The van der Waals surface area contributed by atoms with Crippen molar-refractivity contribution >= 4 is 17.7 Å². The lowest BCUT2D eigenvalue weighted by atomic mass is 10.2. The average Bonchev–Trinajstić information content (AvgIpc) is 2.10. The van der Waals surface area contributed by atoms with Crippen molar-refractivity contribution in [1.82, 2.24) is 0 Å². The van der Waals surface area contributed by atoms with Gasteiger partial charge in [-0.2, -0.15) is 11.8 Å². The first-order valence-corrected chi connectivity index (χ1v) is 5.90. The largest absolute Gasteiger partial charge is 0.480 e. The Hall–Kier alpha value is -0.220. The van der Waals surface area contributed by atoms with Crippen LogP contribution in [0.5, 0.6) is 0 Å². The molecule has 0 rings (SSSR count). The Morgan fingerprint density at radius 3 is 2.69 bits per heavy atom. The number of unbranched alkanes of at least 4 members (excludes halogenated alkanes) is 2. The molecule has 1 unspecified atom stereocenters. The molecule has 0 saturated heterocycles. The molecule has 0 aliphatic rings. The maximum absolute atomic E-state index is 10.3. The molecule has 0 saturated carbocycles. The second kappa shape index (κ2) is 8.38. The first-order chi connectivity index (χ1) is 6.18. The molecule has 0 aromatic heterocycles. The van der Waals surface area contributed by atoms with Gasteiger partial charge in [-0.3, -0.25) is 4.79 Å². The summed E-state index contributed by atoms with van der Waals surface area (Å²) in [5.74, 6) is 1.09. The number of nitrogens with two attached hydrogens (primary N) is 1. The summed E-state index contributed by atoms with van der Waals surface area (Å²) >= 11 is 1.80. The predicted molar refractivity (Wildman–Crippen MR) is 57.1 cm³/mol. The summed E-state index contributed by atoms with van der Waals surface area (Å²) in [5.41, 5.74) is 5.34. The van der Waals surface area contributed by atoms with E-state index in [-0.39, 0.29) is 0 Å². The van der Waals surface area contributed by atoms with Crippen LogP contribution >= 0.6 is 11.8 Å². The van der Waals surface area contributed by atoms with Crippen LogP contribution in [0.1, 0.15) is 32.6 Å². The number of carboxylic acid groups (broad SMARTS) is 1. The van der Waals surface area contributed by atoms with Crippen LogP contribution in [0.15, 0.2) is 0 Å². The molecule has 0 radical (unpaired) electrons. The van der Waals surface area contributed by atoms with Crippen molar-refractivity contribution in [3.05, 3.63) is 0 Å². The first-order valence-electron chi connectivity index (χ1n) is 4.74. The fraction of sp³-hybridized carbons (Fsp3) is 0.889. The average molecular weight is 205 g/mol. The van der Waals surface area contributed by atoms with Crippen LogP contribution in [0.4, 0.5) is 0 Å². The van der Waals surface area contributed by atoms with E-state index in [0.29, 0.717) is 6.42 Å². The first kappa shape index (κ1) is 12.8. The molecule has 1 atom stereocenters. The minimum atomic E-state index is -0.894. The van der Waals surface area contributed by atoms with Crippen molar-refractivity contribution < 1.29 is 9.90 Å². The maximum atomic E-state index is 10.3. The summed E-state index contributed by atoms with van der Waals surface area (Å²) in [6.45, 7) is 2.17. The number of hydrogen-bond donors (Lipinski definition) is 2. The molecule has 3 N–H and O–H groups in total. The van der Waals surface area contributed by atoms with E-state index in [1.54, 1.807) is 11.8 Å². The van der Waals surface area contributed by atoms with Gasteiger partial charge < -0.3 is 10.8 Å². The van der Waals surface area contributed by atoms with Crippen molar-refractivity contribution in [2.24, 2.45) is 5.73 Å². The molecular formula is C9H19NO2S. The third-order valence-corrected chi connectivity index (χ3v) is 2.88. The molecule has 0 aliphatic carbocycles. The van der Waals surface area contributed by atoms with Crippen LogP contribution in [-0.4, -0.2) is 28.6 Å². The van der Waals surface area contributed by atoms with E-state index in [2.05, 4.69) is 6.92 Å². The van der Waals surface area contributed by atoms with Gasteiger partial charge in [0, 0.05) is 0 Å². The standard InChI is InChI=1S/C9H19NO2S/c1-2-3-4-6-13-7-5-8(10)9(11)12/h8H,2-7,10H2,1H3,(H,11,12). The molecule has 78 valence electrons. The van der Waals surface area contributed by atoms with Crippen LogP contribution in [0.3, 0.4) is 0 Å². The summed E-state index contributed by atoms with van der Waals surface area (Å²) in [5, 5.41) is 8.49. The second-order valence-electron chi connectivity index (χ2n) is 3.05. The summed E-state index contributed by atoms with van der Waals surface area (Å²) in [4.78, 5) is 10.3. The molecule has 0 aromatic rings. The number of carbonyl (C=O) groups is 1. The number of carboxylic acids is 1. The SMILES string of the molecule is CCCCCSCCC(N)C(=O)O. The lowest BCUT2D eigenvalue weighted by Gasteiger charge is -2.05. The van der Waals surface area contributed by atoms with Crippen LogP contribution in [0, 0.1) is 0 Å². The molecule has 13 heavy (non-hydrogen) atoms. The van der Waals surface area contributed by atoms with E-state index in [0.717, 1.165) is 11.5 Å². The molecular weight excluding hydrogens is 186 g/mol. The number of hydrogen-bond acceptors (Lipinski definition) is 3. The lowest BCUT2D eigenvalue weighted by Crippen LogP contribution is -2.30. The zero-order chi connectivity index (χ0) is 10.1. The van der Waals surface area contributed by atoms with Gasteiger partial charge >= 0.3 is 5.97 Å².